The highest BCUT2D eigenvalue weighted by atomic mass is 16.5. The van der Waals surface area contributed by atoms with Gasteiger partial charge in [0.1, 0.15) is 30.0 Å². The summed E-state index contributed by atoms with van der Waals surface area (Å²) in [7, 11) is 0. The van der Waals surface area contributed by atoms with Crippen LogP contribution in [0.5, 0.6) is 17.2 Å². The van der Waals surface area contributed by atoms with E-state index in [-0.39, 0.29) is 18.3 Å². The number of esters is 2. The van der Waals surface area contributed by atoms with Gasteiger partial charge in [0, 0.05) is 5.57 Å². The van der Waals surface area contributed by atoms with E-state index in [1.165, 1.54) is 22.3 Å². The summed E-state index contributed by atoms with van der Waals surface area (Å²) in [6, 6.07) is 32.3. The molecule has 1 aliphatic rings. The Morgan fingerprint density at radius 1 is 0.667 bits per heavy atom. The molecule has 0 fully saturated rings. The van der Waals surface area contributed by atoms with E-state index in [2.05, 4.69) is 49.6 Å². The van der Waals surface area contributed by atoms with E-state index < -0.39 is 11.9 Å². The van der Waals surface area contributed by atoms with Gasteiger partial charge in [0.25, 0.3) is 0 Å². The van der Waals surface area contributed by atoms with Gasteiger partial charge >= 0.3 is 11.9 Å². The van der Waals surface area contributed by atoms with Crippen LogP contribution >= 0.6 is 0 Å². The van der Waals surface area contributed by atoms with Gasteiger partial charge in [-0.05, 0) is 65.6 Å². The van der Waals surface area contributed by atoms with E-state index in [0.29, 0.717) is 36.0 Å². The van der Waals surface area contributed by atoms with Crippen LogP contribution in [0.2, 0.25) is 0 Å². The summed E-state index contributed by atoms with van der Waals surface area (Å²) in [6.45, 7) is 9.02. The number of rotatable bonds is 10. The van der Waals surface area contributed by atoms with Crippen molar-refractivity contribution in [2.45, 2.75) is 13.0 Å². The van der Waals surface area contributed by atoms with Gasteiger partial charge in [-0.15, -0.1) is 0 Å². The fraction of sp³-hybridized carbons (Fsp3) is 0.143. The Hall–Kier alpha value is -4.98. The molecule has 7 heteroatoms. The van der Waals surface area contributed by atoms with Crippen LogP contribution in [0.15, 0.2) is 127 Å². The molecule has 1 aliphatic carbocycles. The number of fused-ring (bicyclic) bond motifs is 3. The molecule has 1 N–H and O–H groups in total. The molecule has 0 spiro atoms. The lowest BCUT2D eigenvalue weighted by atomic mass is 10.1. The predicted molar refractivity (Wildman–Crippen MR) is 160 cm³/mol. The highest BCUT2D eigenvalue weighted by Crippen LogP contribution is 2.44. The molecule has 7 nitrogen and oxygen atoms in total. The molecule has 0 radical (unpaired) electrons. The van der Waals surface area contributed by atoms with Crippen LogP contribution in [0.25, 0.3) is 11.1 Å². The summed E-state index contributed by atoms with van der Waals surface area (Å²) in [5.74, 6) is 0.553. The van der Waals surface area contributed by atoms with Crippen molar-refractivity contribution in [1.82, 2.24) is 0 Å². The molecule has 4 aromatic carbocycles. The Bertz CT molecular complexity index is 1500. The van der Waals surface area contributed by atoms with Crippen molar-refractivity contribution in [3.8, 4) is 28.4 Å². The summed E-state index contributed by atoms with van der Waals surface area (Å²) >= 11 is 0. The number of carbonyl (C=O) groups excluding carboxylic acids is 2. The smallest absolute Gasteiger partial charge is 0.341 e. The van der Waals surface area contributed by atoms with Crippen molar-refractivity contribution in [3.63, 3.8) is 0 Å². The van der Waals surface area contributed by atoms with Gasteiger partial charge in [-0.2, -0.15) is 0 Å². The lowest BCUT2D eigenvalue weighted by Crippen LogP contribution is -2.12. The Kier molecular flexibility index (Phi) is 10.4. The number of aliphatic hydroxyl groups is 1. The quantitative estimate of drug-likeness (QED) is 0.102. The van der Waals surface area contributed by atoms with Gasteiger partial charge in [0.15, 0.2) is 0 Å². The summed E-state index contributed by atoms with van der Waals surface area (Å²) in [5.41, 5.74) is 5.25. The van der Waals surface area contributed by atoms with Gasteiger partial charge in [-0.3, -0.25) is 0 Å². The first-order valence-electron chi connectivity index (χ1n) is 13.3. The minimum Gasteiger partial charge on any atom is -0.491 e. The molecule has 0 unspecified atom stereocenters. The maximum absolute atomic E-state index is 11.5. The first kappa shape index (κ1) is 30.0. The fourth-order valence-corrected chi connectivity index (χ4v) is 4.14. The van der Waals surface area contributed by atoms with Gasteiger partial charge in [-0.25, -0.2) is 9.59 Å². The number of hydrogen-bond donors (Lipinski definition) is 1. The van der Waals surface area contributed by atoms with E-state index in [0.717, 1.165) is 0 Å². The van der Waals surface area contributed by atoms with Crippen molar-refractivity contribution in [1.29, 1.82) is 0 Å². The Morgan fingerprint density at radius 2 is 1.17 bits per heavy atom. The Morgan fingerprint density at radius 3 is 1.74 bits per heavy atom. The first-order valence-corrected chi connectivity index (χ1v) is 13.3. The van der Waals surface area contributed by atoms with Crippen LogP contribution in [-0.4, -0.2) is 36.9 Å². The van der Waals surface area contributed by atoms with Crippen LogP contribution in [-0.2, 0) is 14.3 Å². The van der Waals surface area contributed by atoms with Crippen LogP contribution in [0.1, 0.15) is 24.2 Å². The van der Waals surface area contributed by atoms with Gasteiger partial charge in [-0.1, -0.05) is 79.9 Å². The SMILES string of the molecule is C=C(C)C(=O)Oc1ccc(OCCOC2c3ccccc3-c3ccccc32)cc1.C=C(CO)C(=O)Oc1ccccc1. The standard InChI is InChI=1S/C25H22O4.C10H10O3/c1-17(2)25(26)29-19-13-11-18(12-14-19)27-15-16-28-24-22-9-5-3-7-20(22)21-8-4-6-10-23(21)24;1-8(7-11)10(12)13-9-5-3-2-4-6-9/h3-14,24H,1,15-16H2,2H3;2-6,11H,1,7H2. The second-order valence-corrected chi connectivity index (χ2v) is 9.38. The monoisotopic (exact) mass is 564 g/mol. The third-order valence-electron chi connectivity index (χ3n) is 6.23. The van der Waals surface area contributed by atoms with Crippen LogP contribution in [0.3, 0.4) is 0 Å². The summed E-state index contributed by atoms with van der Waals surface area (Å²) in [4.78, 5) is 22.6. The maximum atomic E-state index is 11.5. The van der Waals surface area contributed by atoms with Gasteiger partial charge in [0.2, 0.25) is 0 Å². The first-order chi connectivity index (χ1) is 20.4. The molecule has 0 bridgehead atoms. The number of carbonyl (C=O) groups is 2. The number of hydrogen-bond acceptors (Lipinski definition) is 7. The zero-order valence-corrected chi connectivity index (χ0v) is 23.3. The molecule has 0 saturated carbocycles. The highest BCUT2D eigenvalue weighted by Gasteiger charge is 2.28. The Labute approximate surface area is 245 Å². The minimum atomic E-state index is -0.603. The maximum Gasteiger partial charge on any atom is 0.341 e. The second kappa shape index (κ2) is 14.6. The summed E-state index contributed by atoms with van der Waals surface area (Å²) < 4.78 is 22.0. The topological polar surface area (TPSA) is 91.3 Å². The fourth-order valence-electron chi connectivity index (χ4n) is 4.14. The zero-order chi connectivity index (χ0) is 29.9. The van der Waals surface area contributed by atoms with Crippen molar-refractivity contribution < 1.29 is 33.6 Å². The molecule has 0 aliphatic heterocycles. The van der Waals surface area contributed by atoms with Crippen LogP contribution in [0, 0.1) is 0 Å². The predicted octanol–water partition coefficient (Wildman–Crippen LogP) is 6.47. The second-order valence-electron chi connectivity index (χ2n) is 9.38. The van der Waals surface area contributed by atoms with Gasteiger partial charge in [0.05, 0.1) is 18.8 Å². The van der Waals surface area contributed by atoms with E-state index in [1.54, 1.807) is 55.5 Å². The Balaban J connectivity index is 0.000000262. The average Bonchev–Trinajstić information content (AvgIpc) is 3.34. The third-order valence-corrected chi connectivity index (χ3v) is 6.23. The minimum absolute atomic E-state index is 0.0452. The molecule has 42 heavy (non-hydrogen) atoms. The number of ether oxygens (including phenoxy) is 4. The number of benzene rings is 4. The highest BCUT2D eigenvalue weighted by molar-refractivity contribution is 5.89. The van der Waals surface area contributed by atoms with Crippen molar-refractivity contribution in [3.05, 3.63) is 139 Å². The van der Waals surface area contributed by atoms with Crippen molar-refractivity contribution in [2.24, 2.45) is 0 Å². The molecule has 4 aromatic rings. The van der Waals surface area contributed by atoms with E-state index in [1.807, 2.05) is 18.2 Å². The number of aliphatic hydroxyl groups excluding tert-OH is 1. The van der Waals surface area contributed by atoms with Gasteiger partial charge < -0.3 is 24.1 Å². The molecule has 5 rings (SSSR count). The average molecular weight is 565 g/mol. The van der Waals surface area contributed by atoms with Crippen LogP contribution < -0.4 is 14.2 Å². The summed E-state index contributed by atoms with van der Waals surface area (Å²) in [5, 5.41) is 8.58. The number of para-hydroxylation sites is 1. The molecule has 0 saturated heterocycles. The third kappa shape index (κ3) is 7.81. The lowest BCUT2D eigenvalue weighted by Gasteiger charge is -2.15. The van der Waals surface area contributed by atoms with Crippen LogP contribution in [0.4, 0.5) is 0 Å². The molecular weight excluding hydrogens is 532 g/mol. The summed E-state index contributed by atoms with van der Waals surface area (Å²) in [6.07, 6.45) is -0.0741. The molecule has 0 atom stereocenters. The molecular formula is C35H32O7. The lowest BCUT2D eigenvalue weighted by molar-refractivity contribution is -0.131. The van der Waals surface area contributed by atoms with E-state index >= 15 is 0 Å². The zero-order valence-electron chi connectivity index (χ0n) is 23.3. The molecule has 0 heterocycles. The van der Waals surface area contributed by atoms with E-state index in [9.17, 15) is 9.59 Å². The molecule has 0 amide bonds. The van der Waals surface area contributed by atoms with Crippen molar-refractivity contribution in [2.75, 3.05) is 19.8 Å². The largest absolute Gasteiger partial charge is 0.491 e. The van der Waals surface area contributed by atoms with Crippen molar-refractivity contribution >= 4 is 11.9 Å². The molecule has 214 valence electrons. The van der Waals surface area contributed by atoms with E-state index in [4.69, 9.17) is 24.1 Å². The normalized spacial score (nSPS) is 11.3. The molecule has 0 aromatic heterocycles.